The summed E-state index contributed by atoms with van der Waals surface area (Å²) in [5.41, 5.74) is 3.65. The summed E-state index contributed by atoms with van der Waals surface area (Å²) in [6, 6.07) is 15.4. The minimum Gasteiger partial charge on any atom is -0.339 e. The molecule has 1 aliphatic heterocycles. The average molecular weight is 445 g/mol. The molecule has 1 atom stereocenters. The van der Waals surface area contributed by atoms with Crippen LogP contribution < -0.4 is 5.32 Å². The predicted molar refractivity (Wildman–Crippen MR) is 127 cm³/mol. The number of benzene rings is 2. The van der Waals surface area contributed by atoms with Gasteiger partial charge in [0.25, 0.3) is 0 Å². The Hall–Kier alpha value is -3.74. The van der Waals surface area contributed by atoms with E-state index < -0.39 is 0 Å². The zero-order valence-electron chi connectivity index (χ0n) is 19.0. The number of amides is 2. The molecule has 1 saturated heterocycles. The van der Waals surface area contributed by atoms with Crippen molar-refractivity contribution in [3.63, 3.8) is 0 Å². The highest BCUT2D eigenvalue weighted by Crippen LogP contribution is 2.28. The van der Waals surface area contributed by atoms with Crippen molar-refractivity contribution >= 4 is 23.6 Å². The molecule has 2 heterocycles. The molecular formula is C26H28N4O3. The maximum atomic E-state index is 12.7. The Morgan fingerprint density at radius 2 is 2.03 bits per heavy atom. The Kier molecular flexibility index (Phi) is 6.98. The lowest BCUT2D eigenvalue weighted by molar-refractivity contribution is -0.127. The number of piperidine rings is 1. The second kappa shape index (κ2) is 10.3. The first-order valence-electron chi connectivity index (χ1n) is 11.3. The molecule has 0 unspecified atom stereocenters. The van der Waals surface area contributed by atoms with Gasteiger partial charge in [-0.1, -0.05) is 54.0 Å². The van der Waals surface area contributed by atoms with Gasteiger partial charge in [0.05, 0.1) is 5.92 Å². The van der Waals surface area contributed by atoms with Gasteiger partial charge in [-0.3, -0.25) is 9.59 Å². The number of hydrogen-bond donors (Lipinski definition) is 1. The summed E-state index contributed by atoms with van der Waals surface area (Å²) < 4.78 is 5.56. The van der Waals surface area contributed by atoms with E-state index in [1.54, 1.807) is 13.0 Å². The van der Waals surface area contributed by atoms with E-state index in [0.717, 1.165) is 24.0 Å². The Morgan fingerprint density at radius 3 is 2.82 bits per heavy atom. The summed E-state index contributed by atoms with van der Waals surface area (Å²) in [5.74, 6) is 0.941. The van der Waals surface area contributed by atoms with E-state index >= 15 is 0 Å². The molecule has 0 saturated carbocycles. The van der Waals surface area contributed by atoms with E-state index in [9.17, 15) is 9.59 Å². The fraction of sp³-hybridized carbons (Fsp3) is 0.308. The van der Waals surface area contributed by atoms with Gasteiger partial charge in [0, 0.05) is 36.8 Å². The summed E-state index contributed by atoms with van der Waals surface area (Å²) in [6.07, 6.45) is 5.65. The fourth-order valence-electron chi connectivity index (χ4n) is 3.83. The largest absolute Gasteiger partial charge is 0.339 e. The molecule has 2 amide bonds. The van der Waals surface area contributed by atoms with Crippen LogP contribution in [0.3, 0.4) is 0 Å². The van der Waals surface area contributed by atoms with E-state index in [1.165, 1.54) is 5.56 Å². The molecule has 1 fully saturated rings. The van der Waals surface area contributed by atoms with Crippen molar-refractivity contribution in [2.24, 2.45) is 0 Å². The minimum atomic E-state index is -0.0515. The van der Waals surface area contributed by atoms with Crippen LogP contribution in [0.25, 0.3) is 17.5 Å². The molecule has 0 spiro atoms. The Balaban J connectivity index is 1.42. The first-order valence-corrected chi connectivity index (χ1v) is 11.3. The number of aromatic nitrogens is 2. The lowest BCUT2D eigenvalue weighted by atomic mass is 9.98. The number of carbonyl (C=O) groups is 2. The summed E-state index contributed by atoms with van der Waals surface area (Å²) in [4.78, 5) is 30.8. The quantitative estimate of drug-likeness (QED) is 0.551. The number of nitrogens with one attached hydrogen (secondary N) is 1. The normalized spacial score (nSPS) is 16.2. The van der Waals surface area contributed by atoms with Crippen LogP contribution in [0.4, 0.5) is 5.69 Å². The lowest BCUT2D eigenvalue weighted by Crippen LogP contribution is -2.38. The molecular weight excluding hydrogens is 416 g/mol. The maximum absolute atomic E-state index is 12.7. The topological polar surface area (TPSA) is 88.3 Å². The van der Waals surface area contributed by atoms with Crippen molar-refractivity contribution in [2.45, 2.75) is 39.0 Å². The predicted octanol–water partition coefficient (Wildman–Crippen LogP) is 4.81. The van der Waals surface area contributed by atoms with Crippen LogP contribution in [0, 0.1) is 6.92 Å². The maximum Gasteiger partial charge on any atom is 0.246 e. The van der Waals surface area contributed by atoms with Crippen LogP contribution in [-0.4, -0.2) is 39.9 Å². The van der Waals surface area contributed by atoms with Gasteiger partial charge < -0.3 is 14.7 Å². The second-order valence-electron chi connectivity index (χ2n) is 8.31. The van der Waals surface area contributed by atoms with Crippen LogP contribution in [0.15, 0.2) is 59.1 Å². The van der Waals surface area contributed by atoms with E-state index in [2.05, 4.69) is 15.5 Å². The molecule has 33 heavy (non-hydrogen) atoms. The Morgan fingerprint density at radius 1 is 1.21 bits per heavy atom. The molecule has 0 aliphatic carbocycles. The molecule has 7 nitrogen and oxygen atoms in total. The third-order valence-corrected chi connectivity index (χ3v) is 5.75. The monoisotopic (exact) mass is 444 g/mol. The summed E-state index contributed by atoms with van der Waals surface area (Å²) in [5, 5.41) is 6.98. The number of hydrogen-bond acceptors (Lipinski definition) is 5. The molecule has 4 rings (SSSR count). The minimum absolute atomic E-state index is 0.000276. The SMILES string of the molecule is CCC(=O)Nc1cccc(-c2noc([C@H]3CCCN(C(=O)/C=C/c4ccc(C)cc4)C3)n2)c1. The highest BCUT2D eigenvalue weighted by Gasteiger charge is 2.28. The molecule has 3 aromatic rings. The zero-order chi connectivity index (χ0) is 23.2. The van der Waals surface area contributed by atoms with Gasteiger partial charge in [-0.15, -0.1) is 0 Å². The molecule has 1 aromatic heterocycles. The number of anilines is 1. The van der Waals surface area contributed by atoms with E-state index in [-0.39, 0.29) is 17.7 Å². The lowest BCUT2D eigenvalue weighted by Gasteiger charge is -2.30. The third kappa shape index (κ3) is 5.74. The smallest absolute Gasteiger partial charge is 0.246 e. The van der Waals surface area contributed by atoms with Gasteiger partial charge in [0.2, 0.25) is 23.5 Å². The standard InChI is InChI=1S/C26H28N4O3/c1-3-23(31)27-22-8-4-6-20(16-22)25-28-26(33-29-25)21-7-5-15-30(17-21)24(32)14-13-19-11-9-18(2)10-12-19/h4,6,8-14,16,21H,3,5,7,15,17H2,1-2H3,(H,27,31)/b14-13+/t21-/m0/s1. The van der Waals surface area contributed by atoms with Crippen molar-refractivity contribution in [2.75, 3.05) is 18.4 Å². The first kappa shape index (κ1) is 22.5. The molecule has 170 valence electrons. The Labute approximate surface area is 193 Å². The van der Waals surface area contributed by atoms with Gasteiger partial charge in [0.1, 0.15) is 0 Å². The number of rotatable bonds is 6. The van der Waals surface area contributed by atoms with Crippen LogP contribution >= 0.6 is 0 Å². The van der Waals surface area contributed by atoms with Crippen molar-refractivity contribution in [3.05, 3.63) is 71.6 Å². The average Bonchev–Trinajstić information content (AvgIpc) is 3.34. The van der Waals surface area contributed by atoms with Gasteiger partial charge in [0.15, 0.2) is 0 Å². The highest BCUT2D eigenvalue weighted by molar-refractivity contribution is 5.92. The zero-order valence-corrected chi connectivity index (χ0v) is 19.0. The van der Waals surface area contributed by atoms with E-state index in [1.807, 2.05) is 66.4 Å². The molecule has 1 aliphatic rings. The van der Waals surface area contributed by atoms with Crippen LogP contribution in [0.2, 0.25) is 0 Å². The van der Waals surface area contributed by atoms with Crippen LogP contribution in [0.1, 0.15) is 49.1 Å². The number of likely N-dealkylation sites (tertiary alicyclic amines) is 1. The van der Waals surface area contributed by atoms with Gasteiger partial charge >= 0.3 is 0 Å². The number of carbonyl (C=O) groups excluding carboxylic acids is 2. The van der Waals surface area contributed by atoms with Gasteiger partial charge in [-0.25, -0.2) is 0 Å². The van der Waals surface area contributed by atoms with Crippen LogP contribution in [0.5, 0.6) is 0 Å². The Bertz CT molecular complexity index is 1150. The van der Waals surface area contributed by atoms with Gasteiger partial charge in [-0.2, -0.15) is 4.98 Å². The van der Waals surface area contributed by atoms with Crippen LogP contribution in [-0.2, 0) is 9.59 Å². The van der Waals surface area contributed by atoms with Crippen molar-refractivity contribution in [1.82, 2.24) is 15.0 Å². The molecule has 1 N–H and O–H groups in total. The summed E-state index contributed by atoms with van der Waals surface area (Å²) >= 11 is 0. The number of nitrogens with zero attached hydrogens (tertiary/aromatic N) is 3. The first-order chi connectivity index (χ1) is 16.0. The molecule has 2 aromatic carbocycles. The van der Waals surface area contributed by atoms with E-state index in [0.29, 0.717) is 36.9 Å². The summed E-state index contributed by atoms with van der Waals surface area (Å²) in [6.45, 7) is 5.11. The molecule has 7 heteroatoms. The molecule has 0 radical (unpaired) electrons. The summed E-state index contributed by atoms with van der Waals surface area (Å²) in [7, 11) is 0. The third-order valence-electron chi connectivity index (χ3n) is 5.75. The molecule has 0 bridgehead atoms. The highest BCUT2D eigenvalue weighted by atomic mass is 16.5. The second-order valence-corrected chi connectivity index (χ2v) is 8.31. The van der Waals surface area contributed by atoms with Crippen molar-refractivity contribution in [3.8, 4) is 11.4 Å². The van der Waals surface area contributed by atoms with Crippen molar-refractivity contribution in [1.29, 1.82) is 0 Å². The number of aryl methyl sites for hydroxylation is 1. The van der Waals surface area contributed by atoms with Gasteiger partial charge in [-0.05, 0) is 43.5 Å². The van der Waals surface area contributed by atoms with E-state index in [4.69, 9.17) is 4.52 Å². The fourth-order valence-corrected chi connectivity index (χ4v) is 3.83. The van der Waals surface area contributed by atoms with Crippen molar-refractivity contribution < 1.29 is 14.1 Å².